The lowest BCUT2D eigenvalue weighted by molar-refractivity contribution is -0.114. The molecule has 0 aliphatic rings. The molecule has 0 bridgehead atoms. The van der Waals surface area contributed by atoms with Gasteiger partial charge in [0.2, 0.25) is 0 Å². The molecule has 0 unspecified atom stereocenters. The summed E-state index contributed by atoms with van der Waals surface area (Å²) in [6.45, 7) is 8.83. The second-order valence-electron chi connectivity index (χ2n) is 7.14. The molecule has 1 amide bonds. The van der Waals surface area contributed by atoms with Gasteiger partial charge in [0.05, 0.1) is 10.6 Å². The Morgan fingerprint density at radius 1 is 1.19 bits per heavy atom. The van der Waals surface area contributed by atoms with E-state index in [4.69, 9.17) is 4.74 Å². The molecule has 0 radical (unpaired) electrons. The van der Waals surface area contributed by atoms with Crippen LogP contribution in [0.1, 0.15) is 39.7 Å². The van der Waals surface area contributed by atoms with Crippen LogP contribution in [0.15, 0.2) is 41.3 Å². The lowest BCUT2D eigenvalue weighted by Crippen LogP contribution is -2.36. The van der Waals surface area contributed by atoms with Crippen LogP contribution in [0.4, 0.5) is 4.79 Å². The first-order valence-electron chi connectivity index (χ1n) is 8.39. The summed E-state index contributed by atoms with van der Waals surface area (Å²) in [5.74, 6) is -0.578. The first-order valence-corrected chi connectivity index (χ1v) is 10.0. The highest BCUT2D eigenvalue weighted by molar-refractivity contribution is 7.91. The molecule has 144 valence electrons. The first-order chi connectivity index (χ1) is 11.9. The Morgan fingerprint density at radius 3 is 2.31 bits per heavy atom. The summed E-state index contributed by atoms with van der Waals surface area (Å²) in [5, 5.41) is 2.58. The molecule has 1 N–H and O–H groups in total. The van der Waals surface area contributed by atoms with Crippen molar-refractivity contribution in [2.24, 2.45) is 0 Å². The zero-order valence-corrected chi connectivity index (χ0v) is 16.7. The maximum Gasteiger partial charge on any atom is 0.408 e. The third-order valence-electron chi connectivity index (χ3n) is 3.31. The Morgan fingerprint density at radius 2 is 1.77 bits per heavy atom. The number of ether oxygens (including phenoxy) is 1. The minimum absolute atomic E-state index is 0.119. The van der Waals surface area contributed by atoms with Gasteiger partial charge in [-0.05, 0) is 52.8 Å². The summed E-state index contributed by atoms with van der Waals surface area (Å²) in [6.07, 6.45) is 2.09. The Labute approximate surface area is 155 Å². The average molecular weight is 381 g/mol. The number of rotatable bonds is 7. The lowest BCUT2D eigenvalue weighted by Gasteiger charge is -2.20. The Balaban J connectivity index is 2.51. The number of aryl methyl sites for hydroxylation is 1. The van der Waals surface area contributed by atoms with E-state index in [0.29, 0.717) is 0 Å². The van der Waals surface area contributed by atoms with E-state index in [0.717, 1.165) is 5.56 Å². The normalized spacial score (nSPS) is 13.4. The minimum atomic E-state index is -3.49. The van der Waals surface area contributed by atoms with E-state index in [2.05, 4.69) is 5.32 Å². The average Bonchev–Trinajstić information content (AvgIpc) is 2.49. The summed E-state index contributed by atoms with van der Waals surface area (Å²) in [6, 6.07) is 6.11. The van der Waals surface area contributed by atoms with Gasteiger partial charge in [0.1, 0.15) is 5.60 Å². The Kier molecular flexibility index (Phi) is 7.56. The van der Waals surface area contributed by atoms with E-state index in [1.807, 2.05) is 6.92 Å². The number of nitrogens with one attached hydrogen (secondary N) is 1. The summed E-state index contributed by atoms with van der Waals surface area (Å²) in [4.78, 5) is 23.7. The number of hydrogen-bond donors (Lipinski definition) is 1. The Hall–Kier alpha value is -2.15. The van der Waals surface area contributed by atoms with Crippen LogP contribution in [0.3, 0.4) is 0 Å². The van der Waals surface area contributed by atoms with Gasteiger partial charge in [-0.15, -0.1) is 0 Å². The van der Waals surface area contributed by atoms with Crippen molar-refractivity contribution in [3.8, 4) is 0 Å². The molecule has 26 heavy (non-hydrogen) atoms. The van der Waals surface area contributed by atoms with Crippen LogP contribution < -0.4 is 5.32 Å². The third kappa shape index (κ3) is 8.29. The molecule has 0 aromatic heterocycles. The predicted molar refractivity (Wildman–Crippen MR) is 101 cm³/mol. The van der Waals surface area contributed by atoms with Gasteiger partial charge in [0.25, 0.3) is 0 Å². The standard InChI is InChI=1S/C19H27NO5S/c1-14-6-10-17(11-7-14)26(23,24)13-12-16(21)9-8-15(2)20-18(22)25-19(3,4)5/h6-11,15H,12-13H2,1-5H3,(H,20,22)/b9-8+/t15-/m0/s1. The topological polar surface area (TPSA) is 89.5 Å². The molecule has 1 atom stereocenters. The van der Waals surface area contributed by atoms with Crippen LogP contribution in [0.2, 0.25) is 0 Å². The molecule has 7 heteroatoms. The van der Waals surface area contributed by atoms with E-state index in [-0.39, 0.29) is 22.9 Å². The van der Waals surface area contributed by atoms with E-state index in [1.165, 1.54) is 24.3 Å². The number of amides is 1. The van der Waals surface area contributed by atoms with Gasteiger partial charge in [-0.25, -0.2) is 13.2 Å². The molecular weight excluding hydrogens is 354 g/mol. The maximum atomic E-state index is 12.2. The van der Waals surface area contributed by atoms with Gasteiger partial charge in [-0.2, -0.15) is 0 Å². The van der Waals surface area contributed by atoms with Gasteiger partial charge >= 0.3 is 6.09 Å². The quantitative estimate of drug-likeness (QED) is 0.733. The minimum Gasteiger partial charge on any atom is -0.444 e. The summed E-state index contributed by atoms with van der Waals surface area (Å²) in [7, 11) is -3.49. The first kappa shape index (κ1) is 21.9. The lowest BCUT2D eigenvalue weighted by atomic mass is 10.2. The maximum absolute atomic E-state index is 12.2. The number of benzene rings is 1. The van der Waals surface area contributed by atoms with Crippen LogP contribution in [-0.2, 0) is 19.4 Å². The number of hydrogen-bond acceptors (Lipinski definition) is 5. The second-order valence-corrected chi connectivity index (χ2v) is 9.25. The van der Waals surface area contributed by atoms with Gasteiger partial charge in [-0.3, -0.25) is 4.79 Å². The molecule has 1 aromatic rings. The van der Waals surface area contributed by atoms with E-state index in [1.54, 1.807) is 39.8 Å². The fourth-order valence-corrected chi connectivity index (χ4v) is 3.23. The van der Waals surface area contributed by atoms with Crippen LogP contribution >= 0.6 is 0 Å². The highest BCUT2D eigenvalue weighted by Crippen LogP contribution is 2.13. The van der Waals surface area contributed by atoms with Crippen molar-refractivity contribution in [2.75, 3.05) is 5.75 Å². The van der Waals surface area contributed by atoms with Crippen molar-refractivity contribution in [1.29, 1.82) is 0 Å². The molecule has 0 fully saturated rings. The Bertz CT molecular complexity index is 758. The monoisotopic (exact) mass is 381 g/mol. The highest BCUT2D eigenvalue weighted by Gasteiger charge is 2.17. The fraction of sp³-hybridized carbons (Fsp3) is 0.474. The van der Waals surface area contributed by atoms with Crippen LogP contribution in [-0.4, -0.2) is 37.7 Å². The predicted octanol–water partition coefficient (Wildman–Crippen LogP) is 3.20. The molecular formula is C19H27NO5S. The van der Waals surface area contributed by atoms with Crippen molar-refractivity contribution in [2.45, 2.75) is 57.6 Å². The van der Waals surface area contributed by atoms with E-state index >= 15 is 0 Å². The zero-order chi connectivity index (χ0) is 20.0. The number of ketones is 1. The largest absolute Gasteiger partial charge is 0.444 e. The van der Waals surface area contributed by atoms with Crippen molar-refractivity contribution in [3.63, 3.8) is 0 Å². The number of alkyl carbamates (subject to hydrolysis) is 1. The van der Waals surface area contributed by atoms with Crippen molar-refractivity contribution < 1.29 is 22.7 Å². The zero-order valence-electron chi connectivity index (χ0n) is 15.9. The fourth-order valence-electron chi connectivity index (χ4n) is 1.97. The van der Waals surface area contributed by atoms with Crippen molar-refractivity contribution in [1.82, 2.24) is 5.32 Å². The van der Waals surface area contributed by atoms with Gasteiger partial charge < -0.3 is 10.1 Å². The van der Waals surface area contributed by atoms with Gasteiger partial charge in [-0.1, -0.05) is 23.8 Å². The molecule has 0 saturated carbocycles. The highest BCUT2D eigenvalue weighted by atomic mass is 32.2. The van der Waals surface area contributed by atoms with Crippen molar-refractivity contribution in [3.05, 3.63) is 42.0 Å². The molecule has 1 aromatic carbocycles. The molecule has 0 aliphatic carbocycles. The van der Waals surface area contributed by atoms with Gasteiger partial charge in [0, 0.05) is 12.5 Å². The van der Waals surface area contributed by atoms with Crippen LogP contribution in [0.25, 0.3) is 0 Å². The molecule has 0 spiro atoms. The number of allylic oxidation sites excluding steroid dienone is 1. The molecule has 6 nitrogen and oxygen atoms in total. The SMILES string of the molecule is Cc1ccc(S(=O)(=O)CCC(=O)/C=C/[C@H](C)NC(=O)OC(C)(C)C)cc1. The summed E-state index contributed by atoms with van der Waals surface area (Å²) in [5.41, 5.74) is 0.364. The van der Waals surface area contributed by atoms with Gasteiger partial charge in [0.15, 0.2) is 15.6 Å². The molecule has 1 rings (SSSR count). The molecule has 0 aliphatic heterocycles. The number of carbonyl (C=O) groups excluding carboxylic acids is 2. The van der Waals surface area contributed by atoms with Crippen LogP contribution in [0, 0.1) is 6.92 Å². The molecule has 0 saturated heterocycles. The van der Waals surface area contributed by atoms with E-state index in [9.17, 15) is 18.0 Å². The number of sulfone groups is 1. The smallest absolute Gasteiger partial charge is 0.408 e. The second kappa shape index (κ2) is 8.98. The van der Waals surface area contributed by atoms with Crippen LogP contribution in [0.5, 0.6) is 0 Å². The summed E-state index contributed by atoms with van der Waals surface area (Å²) >= 11 is 0. The third-order valence-corrected chi connectivity index (χ3v) is 5.04. The molecule has 0 heterocycles. The van der Waals surface area contributed by atoms with Crippen molar-refractivity contribution >= 4 is 21.7 Å². The summed E-state index contributed by atoms with van der Waals surface area (Å²) < 4.78 is 29.5. The van der Waals surface area contributed by atoms with E-state index < -0.39 is 27.6 Å². The number of carbonyl (C=O) groups is 2.